The fourth-order valence-electron chi connectivity index (χ4n) is 3.90. The zero-order valence-corrected chi connectivity index (χ0v) is 16.3. The highest BCUT2D eigenvalue weighted by Crippen LogP contribution is 2.30. The van der Waals surface area contributed by atoms with Gasteiger partial charge in [0.1, 0.15) is 48.8 Å². The van der Waals surface area contributed by atoms with E-state index in [1.807, 2.05) is 0 Å². The molecular weight excluding hydrogens is 410 g/mol. The molecular formula is C17H31NO12. The summed E-state index contributed by atoms with van der Waals surface area (Å²) in [6.45, 7) is 0.600. The van der Waals surface area contributed by atoms with Gasteiger partial charge in [0.15, 0.2) is 12.6 Å². The Morgan fingerprint density at radius 2 is 1.37 bits per heavy atom. The Balaban J connectivity index is 1.68. The van der Waals surface area contributed by atoms with Gasteiger partial charge in [-0.05, 0) is 6.92 Å². The SMILES string of the molecule is C[C@H]1O[C@H](O[C@H]2[C@@H](O)[C@@H](O)[C@@H](OC3C(O)CNC3CO)O[C@@H]2CO)[C@H](O)[C@@H](O)[C@@H]1O. The van der Waals surface area contributed by atoms with Gasteiger partial charge in [-0.3, -0.25) is 0 Å². The van der Waals surface area contributed by atoms with Crippen molar-refractivity contribution in [2.24, 2.45) is 0 Å². The standard InChI is InChI=1S/C17H31NO12/c1-5-9(22)10(23)12(25)16(27-5)30-15-8(4-20)28-17(13(26)11(15)24)29-14-6(3-19)18-2-7(14)21/h5-26H,2-4H2,1H3/t5-,6?,7?,8-,9-,10+,11+,12-,13-,14?,15-,16-,17-/m1/s1. The predicted octanol–water partition coefficient (Wildman–Crippen LogP) is -5.65. The Bertz CT molecular complexity index is 555. The molecule has 0 aromatic heterocycles. The van der Waals surface area contributed by atoms with Gasteiger partial charge < -0.3 is 65.1 Å². The average Bonchev–Trinajstić information content (AvgIpc) is 3.09. The van der Waals surface area contributed by atoms with Gasteiger partial charge in [-0.15, -0.1) is 0 Å². The Morgan fingerprint density at radius 3 is 2.00 bits per heavy atom. The zero-order valence-electron chi connectivity index (χ0n) is 16.3. The zero-order chi connectivity index (χ0) is 22.2. The molecule has 9 N–H and O–H groups in total. The van der Waals surface area contributed by atoms with E-state index in [1.165, 1.54) is 6.92 Å². The fraction of sp³-hybridized carbons (Fsp3) is 1.00. The minimum absolute atomic E-state index is 0.152. The normalized spacial score (nSPS) is 52.5. The first-order valence-electron chi connectivity index (χ1n) is 9.84. The third-order valence-electron chi connectivity index (χ3n) is 5.77. The molecule has 3 saturated heterocycles. The number of nitrogens with one attached hydrogen (secondary N) is 1. The van der Waals surface area contributed by atoms with E-state index in [2.05, 4.69) is 5.32 Å². The predicted molar refractivity (Wildman–Crippen MR) is 94.7 cm³/mol. The molecule has 13 heteroatoms. The van der Waals surface area contributed by atoms with Crippen molar-refractivity contribution in [2.45, 2.75) is 86.6 Å². The van der Waals surface area contributed by atoms with Crippen LogP contribution in [0.25, 0.3) is 0 Å². The number of aliphatic hydroxyl groups excluding tert-OH is 8. The monoisotopic (exact) mass is 441 g/mol. The lowest BCUT2D eigenvalue weighted by atomic mass is 9.97. The number of rotatable bonds is 6. The third-order valence-corrected chi connectivity index (χ3v) is 5.77. The molecule has 0 radical (unpaired) electrons. The number of ether oxygens (including phenoxy) is 4. The second-order valence-corrected chi connectivity index (χ2v) is 7.85. The van der Waals surface area contributed by atoms with Crippen LogP contribution >= 0.6 is 0 Å². The maximum absolute atomic E-state index is 10.6. The van der Waals surface area contributed by atoms with Crippen molar-refractivity contribution in [3.8, 4) is 0 Å². The van der Waals surface area contributed by atoms with E-state index in [0.29, 0.717) is 0 Å². The number of hydrogen-bond donors (Lipinski definition) is 9. The average molecular weight is 441 g/mol. The molecule has 0 aromatic carbocycles. The molecule has 13 atom stereocenters. The van der Waals surface area contributed by atoms with Crippen LogP contribution < -0.4 is 5.32 Å². The van der Waals surface area contributed by atoms with Crippen molar-refractivity contribution < 1.29 is 59.8 Å². The van der Waals surface area contributed by atoms with Gasteiger partial charge in [-0.1, -0.05) is 0 Å². The number of β-amino-alcohol motifs (C(OH)–C–C–N with tert-alkyl or cyclic N) is 1. The van der Waals surface area contributed by atoms with Crippen molar-refractivity contribution >= 4 is 0 Å². The molecule has 0 aromatic rings. The molecule has 13 nitrogen and oxygen atoms in total. The Labute approximate surface area is 172 Å². The van der Waals surface area contributed by atoms with Crippen LogP contribution in [-0.2, 0) is 18.9 Å². The van der Waals surface area contributed by atoms with Crippen molar-refractivity contribution in [3.05, 3.63) is 0 Å². The Morgan fingerprint density at radius 1 is 0.767 bits per heavy atom. The first-order chi connectivity index (χ1) is 14.2. The van der Waals surface area contributed by atoms with E-state index in [1.54, 1.807) is 0 Å². The second kappa shape index (κ2) is 9.95. The van der Waals surface area contributed by atoms with E-state index in [-0.39, 0.29) is 13.2 Å². The molecule has 3 aliphatic heterocycles. The molecule has 30 heavy (non-hydrogen) atoms. The van der Waals surface area contributed by atoms with Gasteiger partial charge in [0.05, 0.1) is 31.5 Å². The lowest BCUT2D eigenvalue weighted by Crippen LogP contribution is -2.64. The fourth-order valence-corrected chi connectivity index (χ4v) is 3.90. The van der Waals surface area contributed by atoms with Crippen LogP contribution in [0.2, 0.25) is 0 Å². The van der Waals surface area contributed by atoms with E-state index in [4.69, 9.17) is 18.9 Å². The highest BCUT2D eigenvalue weighted by Gasteiger charge is 2.51. The smallest absolute Gasteiger partial charge is 0.187 e. The molecule has 3 fully saturated rings. The highest BCUT2D eigenvalue weighted by atomic mass is 16.7. The van der Waals surface area contributed by atoms with Gasteiger partial charge in [0.2, 0.25) is 0 Å². The van der Waals surface area contributed by atoms with Crippen LogP contribution in [0.4, 0.5) is 0 Å². The summed E-state index contributed by atoms with van der Waals surface area (Å²) in [4.78, 5) is 0. The first kappa shape index (κ1) is 24.1. The van der Waals surface area contributed by atoms with Crippen molar-refractivity contribution in [3.63, 3.8) is 0 Å². The van der Waals surface area contributed by atoms with Crippen LogP contribution in [0.3, 0.4) is 0 Å². The number of hydrogen-bond acceptors (Lipinski definition) is 13. The molecule has 3 rings (SSSR count). The second-order valence-electron chi connectivity index (χ2n) is 7.85. The molecule has 3 heterocycles. The maximum atomic E-state index is 10.6. The molecule has 176 valence electrons. The van der Waals surface area contributed by atoms with E-state index in [0.717, 1.165) is 0 Å². The molecule has 0 bridgehead atoms. The van der Waals surface area contributed by atoms with Crippen LogP contribution in [0.15, 0.2) is 0 Å². The van der Waals surface area contributed by atoms with Gasteiger partial charge in [-0.2, -0.15) is 0 Å². The van der Waals surface area contributed by atoms with Crippen LogP contribution in [-0.4, -0.2) is 140 Å². The summed E-state index contributed by atoms with van der Waals surface area (Å²) in [6, 6.07) is -0.616. The van der Waals surface area contributed by atoms with Gasteiger partial charge in [-0.25, -0.2) is 0 Å². The van der Waals surface area contributed by atoms with Crippen molar-refractivity contribution in [1.29, 1.82) is 0 Å². The van der Waals surface area contributed by atoms with Crippen molar-refractivity contribution in [1.82, 2.24) is 5.32 Å². The molecule has 0 aliphatic carbocycles. The highest BCUT2D eigenvalue weighted by molar-refractivity contribution is 4.96. The van der Waals surface area contributed by atoms with Crippen LogP contribution in [0.5, 0.6) is 0 Å². The minimum atomic E-state index is -1.67. The summed E-state index contributed by atoms with van der Waals surface area (Å²) in [7, 11) is 0. The third kappa shape index (κ3) is 4.63. The van der Waals surface area contributed by atoms with Crippen LogP contribution in [0, 0.1) is 0 Å². The summed E-state index contributed by atoms with van der Waals surface area (Å²) in [5.74, 6) is 0. The molecule has 0 amide bonds. The van der Waals surface area contributed by atoms with E-state index < -0.39 is 86.3 Å². The first-order valence-corrected chi connectivity index (χ1v) is 9.84. The molecule has 3 unspecified atom stereocenters. The largest absolute Gasteiger partial charge is 0.395 e. The van der Waals surface area contributed by atoms with Crippen LogP contribution in [0.1, 0.15) is 6.92 Å². The molecule has 0 saturated carbocycles. The Kier molecular flexibility index (Phi) is 8.01. The van der Waals surface area contributed by atoms with E-state index in [9.17, 15) is 40.9 Å². The van der Waals surface area contributed by atoms with Gasteiger partial charge >= 0.3 is 0 Å². The lowest BCUT2D eigenvalue weighted by molar-refractivity contribution is -0.361. The van der Waals surface area contributed by atoms with Crippen molar-refractivity contribution in [2.75, 3.05) is 19.8 Å². The Hall–Kier alpha value is -0.520. The topological polar surface area (TPSA) is 211 Å². The summed E-state index contributed by atoms with van der Waals surface area (Å²) in [5.41, 5.74) is 0. The van der Waals surface area contributed by atoms with E-state index >= 15 is 0 Å². The lowest BCUT2D eigenvalue weighted by Gasteiger charge is -2.46. The quantitative estimate of drug-likeness (QED) is 0.188. The molecule has 3 aliphatic rings. The minimum Gasteiger partial charge on any atom is -0.395 e. The summed E-state index contributed by atoms with van der Waals surface area (Å²) < 4.78 is 21.9. The maximum Gasteiger partial charge on any atom is 0.187 e. The van der Waals surface area contributed by atoms with Gasteiger partial charge in [0.25, 0.3) is 0 Å². The summed E-state index contributed by atoms with van der Waals surface area (Å²) in [6.07, 6.45) is -16.2. The summed E-state index contributed by atoms with van der Waals surface area (Å²) in [5, 5.41) is 82.7. The molecule has 0 spiro atoms. The van der Waals surface area contributed by atoms with Gasteiger partial charge in [0, 0.05) is 6.54 Å². The summed E-state index contributed by atoms with van der Waals surface area (Å²) >= 11 is 0. The number of aliphatic hydroxyl groups is 8.